The summed E-state index contributed by atoms with van der Waals surface area (Å²) in [6, 6.07) is 0. The Morgan fingerprint density at radius 3 is 2.26 bits per heavy atom. The molecule has 0 aromatic heterocycles. The van der Waals surface area contributed by atoms with E-state index >= 15 is 0 Å². The third-order valence-corrected chi connectivity index (χ3v) is 5.99. The van der Waals surface area contributed by atoms with Crippen molar-refractivity contribution in [2.45, 2.75) is 25.7 Å². The van der Waals surface area contributed by atoms with Crippen molar-refractivity contribution in [1.29, 1.82) is 0 Å². The van der Waals surface area contributed by atoms with E-state index in [0.717, 1.165) is 38.8 Å². The van der Waals surface area contributed by atoms with Crippen LogP contribution in [0.1, 0.15) is 25.7 Å². The van der Waals surface area contributed by atoms with E-state index in [1.807, 2.05) is 7.05 Å². The number of aliphatic hydroxyl groups excluding tert-OH is 1. The number of nitrogens with zero attached hydrogens (tertiary/aromatic N) is 2. The molecule has 6 nitrogen and oxygen atoms in total. The second kappa shape index (κ2) is 6.05. The van der Waals surface area contributed by atoms with Gasteiger partial charge in [0.1, 0.15) is 0 Å². The van der Waals surface area contributed by atoms with E-state index in [1.54, 1.807) is 0 Å². The quantitative estimate of drug-likeness (QED) is 0.724. The minimum Gasteiger partial charge on any atom is -0.396 e. The molecule has 2 fully saturated rings. The molecular weight excluding hydrogens is 266 g/mol. The van der Waals surface area contributed by atoms with E-state index in [0.29, 0.717) is 19.6 Å². The van der Waals surface area contributed by atoms with Crippen molar-refractivity contribution < 1.29 is 13.5 Å². The van der Waals surface area contributed by atoms with E-state index in [-0.39, 0.29) is 12.0 Å². The van der Waals surface area contributed by atoms with Crippen LogP contribution in [0.25, 0.3) is 0 Å². The molecule has 2 rings (SSSR count). The van der Waals surface area contributed by atoms with Crippen molar-refractivity contribution in [3.8, 4) is 0 Å². The van der Waals surface area contributed by atoms with Gasteiger partial charge in [-0.1, -0.05) is 12.8 Å². The van der Waals surface area contributed by atoms with Crippen LogP contribution in [-0.2, 0) is 10.2 Å². The summed E-state index contributed by atoms with van der Waals surface area (Å²) in [5, 5.41) is 9.50. The number of hydrogen-bond acceptors (Lipinski definition) is 4. The monoisotopic (exact) mass is 291 g/mol. The van der Waals surface area contributed by atoms with Crippen LogP contribution in [0.2, 0.25) is 0 Å². The molecule has 1 saturated heterocycles. The summed E-state index contributed by atoms with van der Waals surface area (Å²) >= 11 is 0. The summed E-state index contributed by atoms with van der Waals surface area (Å²) < 4.78 is 28.6. The van der Waals surface area contributed by atoms with Gasteiger partial charge in [0.05, 0.1) is 0 Å². The number of hydrogen-bond donors (Lipinski definition) is 2. The van der Waals surface area contributed by atoms with Crippen LogP contribution in [0.3, 0.4) is 0 Å². The van der Waals surface area contributed by atoms with Gasteiger partial charge in [-0.05, 0) is 19.9 Å². The van der Waals surface area contributed by atoms with Gasteiger partial charge in [0.25, 0.3) is 10.2 Å². The van der Waals surface area contributed by atoms with E-state index in [1.165, 1.54) is 4.31 Å². The SMILES string of the molecule is CN1CCN(S(=O)(=O)NCC2(CO)CCCC2)CC1. The van der Waals surface area contributed by atoms with Crippen LogP contribution in [0, 0.1) is 5.41 Å². The minimum atomic E-state index is -3.40. The van der Waals surface area contributed by atoms with Crippen molar-refractivity contribution in [2.24, 2.45) is 5.41 Å². The van der Waals surface area contributed by atoms with Gasteiger partial charge in [-0.3, -0.25) is 0 Å². The molecule has 0 radical (unpaired) electrons. The Labute approximate surface area is 116 Å². The van der Waals surface area contributed by atoms with Crippen molar-refractivity contribution >= 4 is 10.2 Å². The zero-order valence-electron chi connectivity index (χ0n) is 11.6. The second-order valence-electron chi connectivity index (χ2n) is 5.89. The average Bonchev–Trinajstić information content (AvgIpc) is 2.87. The molecule has 0 aromatic rings. The molecule has 1 saturated carbocycles. The summed E-state index contributed by atoms with van der Waals surface area (Å²) in [5.74, 6) is 0. The molecule has 0 bridgehead atoms. The summed E-state index contributed by atoms with van der Waals surface area (Å²) in [6.45, 7) is 3.05. The molecular formula is C12H25N3O3S. The molecule has 0 unspecified atom stereocenters. The van der Waals surface area contributed by atoms with Crippen LogP contribution >= 0.6 is 0 Å². The first-order valence-corrected chi connectivity index (χ1v) is 8.46. The smallest absolute Gasteiger partial charge is 0.279 e. The molecule has 0 atom stereocenters. The Bertz CT molecular complexity index is 385. The van der Waals surface area contributed by atoms with Crippen LogP contribution in [0.4, 0.5) is 0 Å². The summed E-state index contributed by atoms with van der Waals surface area (Å²) in [5.41, 5.74) is -0.236. The first-order chi connectivity index (χ1) is 8.97. The predicted molar refractivity (Wildman–Crippen MR) is 74.0 cm³/mol. The number of aliphatic hydroxyl groups is 1. The fraction of sp³-hybridized carbons (Fsp3) is 1.00. The lowest BCUT2D eigenvalue weighted by Gasteiger charge is -2.33. The standard InChI is InChI=1S/C12H25N3O3S/c1-14-6-8-15(9-7-14)19(17,18)13-10-12(11-16)4-2-3-5-12/h13,16H,2-11H2,1H3. The highest BCUT2D eigenvalue weighted by atomic mass is 32.2. The molecule has 0 aromatic carbocycles. The zero-order chi connectivity index (χ0) is 13.9. The van der Waals surface area contributed by atoms with E-state index < -0.39 is 10.2 Å². The molecule has 19 heavy (non-hydrogen) atoms. The summed E-state index contributed by atoms with van der Waals surface area (Å²) in [6.07, 6.45) is 3.98. The lowest BCUT2D eigenvalue weighted by Crippen LogP contribution is -2.52. The van der Waals surface area contributed by atoms with Crippen molar-refractivity contribution in [3.63, 3.8) is 0 Å². The highest BCUT2D eigenvalue weighted by Gasteiger charge is 2.35. The predicted octanol–water partition coefficient (Wildman–Crippen LogP) is -0.379. The lowest BCUT2D eigenvalue weighted by molar-refractivity contribution is 0.133. The topological polar surface area (TPSA) is 72.9 Å². The Morgan fingerprint density at radius 2 is 1.74 bits per heavy atom. The van der Waals surface area contributed by atoms with Crippen LogP contribution in [0.15, 0.2) is 0 Å². The van der Waals surface area contributed by atoms with Gasteiger partial charge >= 0.3 is 0 Å². The Kier molecular flexibility index (Phi) is 4.84. The third kappa shape index (κ3) is 3.66. The maximum absolute atomic E-state index is 12.2. The first-order valence-electron chi connectivity index (χ1n) is 7.02. The normalized spacial score (nSPS) is 25.8. The number of piperazine rings is 1. The van der Waals surface area contributed by atoms with Crippen LogP contribution in [0.5, 0.6) is 0 Å². The molecule has 1 aliphatic carbocycles. The maximum atomic E-state index is 12.2. The van der Waals surface area contributed by atoms with Crippen molar-refractivity contribution in [3.05, 3.63) is 0 Å². The van der Waals surface area contributed by atoms with E-state index in [4.69, 9.17) is 0 Å². The van der Waals surface area contributed by atoms with Gasteiger partial charge in [-0.2, -0.15) is 12.7 Å². The molecule has 1 heterocycles. The summed E-state index contributed by atoms with van der Waals surface area (Å²) in [4.78, 5) is 2.12. The molecule has 2 N–H and O–H groups in total. The molecule has 0 amide bonds. The molecule has 2 aliphatic rings. The van der Waals surface area contributed by atoms with Gasteiger partial charge < -0.3 is 10.0 Å². The fourth-order valence-corrected chi connectivity index (χ4v) is 4.20. The lowest BCUT2D eigenvalue weighted by atomic mass is 9.88. The third-order valence-electron chi connectivity index (χ3n) is 4.43. The van der Waals surface area contributed by atoms with Gasteiger partial charge in [0, 0.05) is 44.7 Å². The van der Waals surface area contributed by atoms with Gasteiger partial charge in [-0.25, -0.2) is 4.72 Å². The second-order valence-corrected chi connectivity index (χ2v) is 7.65. The zero-order valence-corrected chi connectivity index (χ0v) is 12.5. The number of rotatable bonds is 5. The molecule has 112 valence electrons. The van der Waals surface area contributed by atoms with Gasteiger partial charge in [0.2, 0.25) is 0 Å². The highest BCUT2D eigenvalue weighted by Crippen LogP contribution is 2.37. The van der Waals surface area contributed by atoms with Crippen molar-refractivity contribution in [1.82, 2.24) is 13.9 Å². The highest BCUT2D eigenvalue weighted by molar-refractivity contribution is 7.87. The Balaban J connectivity index is 1.90. The fourth-order valence-electron chi connectivity index (χ4n) is 2.88. The molecule has 1 aliphatic heterocycles. The molecule has 7 heteroatoms. The average molecular weight is 291 g/mol. The largest absolute Gasteiger partial charge is 0.396 e. The minimum absolute atomic E-state index is 0.0677. The molecule has 0 spiro atoms. The first kappa shape index (κ1) is 15.2. The summed E-state index contributed by atoms with van der Waals surface area (Å²) in [7, 11) is -1.40. The van der Waals surface area contributed by atoms with Crippen molar-refractivity contribution in [2.75, 3.05) is 46.4 Å². The van der Waals surface area contributed by atoms with Crippen LogP contribution in [-0.4, -0.2) is 69.1 Å². The Morgan fingerprint density at radius 1 is 1.16 bits per heavy atom. The van der Waals surface area contributed by atoms with Crippen LogP contribution < -0.4 is 4.72 Å². The van der Waals surface area contributed by atoms with E-state index in [9.17, 15) is 13.5 Å². The number of nitrogens with one attached hydrogen (secondary N) is 1. The maximum Gasteiger partial charge on any atom is 0.279 e. The van der Waals surface area contributed by atoms with E-state index in [2.05, 4.69) is 9.62 Å². The number of likely N-dealkylation sites (N-methyl/N-ethyl adjacent to an activating group) is 1. The van der Waals surface area contributed by atoms with Gasteiger partial charge in [-0.15, -0.1) is 0 Å². The Hall–Kier alpha value is -0.210. The van der Waals surface area contributed by atoms with Gasteiger partial charge in [0.15, 0.2) is 0 Å².